The molecule has 168 valence electrons. The molecule has 1 aromatic carbocycles. The van der Waals surface area contributed by atoms with Crippen LogP contribution >= 0.6 is 12.4 Å². The summed E-state index contributed by atoms with van der Waals surface area (Å²) >= 11 is 0. The van der Waals surface area contributed by atoms with Gasteiger partial charge >= 0.3 is 0 Å². The Labute approximate surface area is 193 Å². The van der Waals surface area contributed by atoms with E-state index in [1.165, 1.54) is 12.4 Å². The van der Waals surface area contributed by atoms with E-state index < -0.39 is 0 Å². The highest BCUT2D eigenvalue weighted by Crippen LogP contribution is 2.33. The van der Waals surface area contributed by atoms with Gasteiger partial charge in [-0.05, 0) is 31.5 Å². The van der Waals surface area contributed by atoms with Crippen LogP contribution in [0.5, 0.6) is 5.75 Å². The lowest BCUT2D eigenvalue weighted by Crippen LogP contribution is -2.38. The average Bonchev–Trinajstić information content (AvgIpc) is 3.28. The number of benzene rings is 1. The summed E-state index contributed by atoms with van der Waals surface area (Å²) in [6.07, 6.45) is 5.20. The van der Waals surface area contributed by atoms with Crippen LogP contribution in [0.2, 0.25) is 0 Å². The molecule has 0 bridgehead atoms. The van der Waals surface area contributed by atoms with Gasteiger partial charge in [-0.15, -0.1) is 12.4 Å². The van der Waals surface area contributed by atoms with Gasteiger partial charge in [0, 0.05) is 42.5 Å². The zero-order valence-corrected chi connectivity index (χ0v) is 18.9. The third kappa shape index (κ3) is 5.46. The van der Waals surface area contributed by atoms with Gasteiger partial charge in [-0.3, -0.25) is 5.10 Å². The minimum Gasteiger partial charge on any atom is -0.496 e. The number of hydrogen-bond acceptors (Lipinski definition) is 8. The van der Waals surface area contributed by atoms with Gasteiger partial charge in [-0.2, -0.15) is 10.4 Å². The second-order valence-electron chi connectivity index (χ2n) is 7.46. The number of halogens is 1. The minimum absolute atomic E-state index is 0. The topological polar surface area (TPSA) is 115 Å². The Morgan fingerprint density at radius 1 is 1.19 bits per heavy atom. The fourth-order valence-electron chi connectivity index (χ4n) is 3.74. The van der Waals surface area contributed by atoms with Crippen molar-refractivity contribution in [3.05, 3.63) is 42.4 Å². The quantitative estimate of drug-likeness (QED) is 0.493. The van der Waals surface area contributed by atoms with Crippen LogP contribution in [0.15, 0.2) is 36.7 Å². The van der Waals surface area contributed by atoms with Gasteiger partial charge < -0.3 is 20.3 Å². The number of rotatable bonds is 7. The van der Waals surface area contributed by atoms with Crippen molar-refractivity contribution in [1.82, 2.24) is 25.1 Å². The highest BCUT2D eigenvalue weighted by atomic mass is 35.5. The van der Waals surface area contributed by atoms with Crippen LogP contribution in [0.1, 0.15) is 25.5 Å². The highest BCUT2D eigenvalue weighted by Gasteiger charge is 2.18. The van der Waals surface area contributed by atoms with E-state index in [9.17, 15) is 0 Å². The normalized spacial score (nSPS) is 14.3. The summed E-state index contributed by atoms with van der Waals surface area (Å²) in [7, 11) is 1.67. The van der Waals surface area contributed by atoms with E-state index in [-0.39, 0.29) is 18.1 Å². The number of anilines is 3. The zero-order chi connectivity index (χ0) is 21.6. The molecule has 10 heteroatoms. The number of aromatic amines is 1. The van der Waals surface area contributed by atoms with Crippen LogP contribution in [-0.4, -0.2) is 57.9 Å². The number of H-pyrrole nitrogens is 1. The summed E-state index contributed by atoms with van der Waals surface area (Å²) < 4.78 is 5.65. The maximum Gasteiger partial charge on any atom is 0.158 e. The molecule has 0 radical (unpaired) electrons. The second-order valence-corrected chi connectivity index (χ2v) is 7.46. The van der Waals surface area contributed by atoms with Gasteiger partial charge in [0.15, 0.2) is 11.5 Å². The molecule has 3 heterocycles. The number of nitrogens with zero attached hydrogens (tertiary/aromatic N) is 5. The molecule has 1 aliphatic rings. The Kier molecular flexibility index (Phi) is 7.87. The summed E-state index contributed by atoms with van der Waals surface area (Å²) in [6, 6.07) is 10.4. The number of likely N-dealkylation sites (tertiary alicyclic amines) is 1. The standard InChI is InChI=1S/C22H26N8O.ClH/c1-3-30-8-6-15(7-9-30)26-16-4-5-18(20(10-16)31-2)19-11-21(29-28-19)27-22-14-24-17(12-23)13-25-22;/h4-5,10-11,13-15,26H,3,6-9H2,1-2H3,(H2,25,27,28,29);1H. The third-order valence-corrected chi connectivity index (χ3v) is 5.50. The molecule has 0 amide bonds. The lowest BCUT2D eigenvalue weighted by molar-refractivity contribution is 0.229. The summed E-state index contributed by atoms with van der Waals surface area (Å²) in [4.78, 5) is 10.6. The molecule has 0 unspecified atom stereocenters. The fraction of sp³-hybridized carbons (Fsp3) is 0.364. The first-order valence-corrected chi connectivity index (χ1v) is 10.4. The number of hydrogen-bond donors (Lipinski definition) is 3. The molecular weight excluding hydrogens is 428 g/mol. The molecule has 1 fully saturated rings. The molecule has 0 spiro atoms. The summed E-state index contributed by atoms with van der Waals surface area (Å²) in [6.45, 7) is 5.60. The number of methoxy groups -OCH3 is 1. The number of piperidine rings is 1. The van der Waals surface area contributed by atoms with E-state index in [1.54, 1.807) is 7.11 Å². The maximum absolute atomic E-state index is 8.82. The first-order valence-electron chi connectivity index (χ1n) is 10.4. The van der Waals surface area contributed by atoms with E-state index in [0.717, 1.165) is 55.2 Å². The molecular formula is C22H27ClN8O. The van der Waals surface area contributed by atoms with Crippen LogP contribution in [0, 0.1) is 11.3 Å². The first kappa shape index (κ1) is 23.3. The van der Waals surface area contributed by atoms with E-state index >= 15 is 0 Å². The van der Waals surface area contributed by atoms with Gasteiger partial charge in [0.05, 0.1) is 25.2 Å². The molecule has 3 aromatic rings. The minimum atomic E-state index is 0. The van der Waals surface area contributed by atoms with Crippen molar-refractivity contribution < 1.29 is 4.74 Å². The van der Waals surface area contributed by atoms with E-state index in [0.29, 0.717) is 17.7 Å². The molecule has 2 aromatic heterocycles. The molecule has 9 nitrogen and oxygen atoms in total. The molecule has 4 rings (SSSR count). The van der Waals surface area contributed by atoms with Crippen LogP contribution in [0.3, 0.4) is 0 Å². The van der Waals surface area contributed by atoms with Gasteiger partial charge in [0.1, 0.15) is 17.6 Å². The average molecular weight is 455 g/mol. The fourth-order valence-corrected chi connectivity index (χ4v) is 3.74. The van der Waals surface area contributed by atoms with Gasteiger partial charge in [0.25, 0.3) is 0 Å². The van der Waals surface area contributed by atoms with Gasteiger partial charge in [-0.25, -0.2) is 9.97 Å². The van der Waals surface area contributed by atoms with Crippen molar-refractivity contribution in [1.29, 1.82) is 5.26 Å². The van der Waals surface area contributed by atoms with E-state index in [4.69, 9.17) is 10.00 Å². The van der Waals surface area contributed by atoms with Gasteiger partial charge in [0.2, 0.25) is 0 Å². The Hall–Kier alpha value is -3.35. The van der Waals surface area contributed by atoms with Crippen LogP contribution in [-0.2, 0) is 0 Å². The molecule has 0 aliphatic carbocycles. The predicted octanol–water partition coefficient (Wildman–Crippen LogP) is 3.81. The molecule has 1 aliphatic heterocycles. The molecule has 0 saturated carbocycles. The Balaban J connectivity index is 0.00000289. The monoisotopic (exact) mass is 454 g/mol. The van der Waals surface area contributed by atoms with E-state index in [2.05, 4.69) is 48.7 Å². The van der Waals surface area contributed by atoms with Crippen LogP contribution in [0.25, 0.3) is 11.3 Å². The number of ether oxygens (including phenoxy) is 1. The van der Waals surface area contributed by atoms with Crippen molar-refractivity contribution >= 4 is 29.7 Å². The molecule has 3 N–H and O–H groups in total. The number of nitrogens with one attached hydrogen (secondary N) is 3. The van der Waals surface area contributed by atoms with Gasteiger partial charge in [-0.1, -0.05) is 6.92 Å². The van der Waals surface area contributed by atoms with Crippen molar-refractivity contribution in [3.63, 3.8) is 0 Å². The smallest absolute Gasteiger partial charge is 0.158 e. The SMILES string of the molecule is CCN1CCC(Nc2ccc(-c3cc(Nc4cnc(C#N)cn4)n[nH]3)c(OC)c2)CC1.Cl. The van der Waals surface area contributed by atoms with E-state index in [1.807, 2.05) is 24.3 Å². The highest BCUT2D eigenvalue weighted by molar-refractivity contribution is 5.85. The number of aromatic nitrogens is 4. The largest absolute Gasteiger partial charge is 0.496 e. The summed E-state index contributed by atoms with van der Waals surface area (Å²) in [5, 5.41) is 22.9. The van der Waals surface area contributed by atoms with Crippen LogP contribution < -0.4 is 15.4 Å². The lowest BCUT2D eigenvalue weighted by atomic mass is 10.0. The summed E-state index contributed by atoms with van der Waals surface area (Å²) in [5.74, 6) is 1.88. The molecule has 32 heavy (non-hydrogen) atoms. The third-order valence-electron chi connectivity index (χ3n) is 5.50. The Bertz CT molecular complexity index is 1050. The number of nitriles is 1. The predicted molar refractivity (Wildman–Crippen MR) is 127 cm³/mol. The van der Waals surface area contributed by atoms with Crippen LogP contribution in [0.4, 0.5) is 17.3 Å². The zero-order valence-electron chi connectivity index (χ0n) is 18.1. The first-order chi connectivity index (χ1) is 15.2. The maximum atomic E-state index is 8.82. The Morgan fingerprint density at radius 2 is 2.00 bits per heavy atom. The summed E-state index contributed by atoms with van der Waals surface area (Å²) in [5.41, 5.74) is 3.06. The van der Waals surface area contributed by atoms with Crippen molar-refractivity contribution in [2.45, 2.75) is 25.8 Å². The van der Waals surface area contributed by atoms with Crippen molar-refractivity contribution in [2.24, 2.45) is 0 Å². The molecule has 0 atom stereocenters. The lowest BCUT2D eigenvalue weighted by Gasteiger charge is -2.32. The molecule has 1 saturated heterocycles. The van der Waals surface area contributed by atoms with Crippen molar-refractivity contribution in [3.8, 4) is 23.1 Å². The second kappa shape index (κ2) is 10.8. The van der Waals surface area contributed by atoms with Crippen molar-refractivity contribution in [2.75, 3.05) is 37.4 Å². The Morgan fingerprint density at radius 3 is 2.66 bits per heavy atom.